The van der Waals surface area contributed by atoms with Gasteiger partial charge in [0.05, 0.1) is 12.7 Å². The largest absolute Gasteiger partial charge is 0.375 e. The molecule has 2 atom stereocenters. The molecule has 1 aliphatic heterocycles. The second-order valence-electron chi connectivity index (χ2n) is 5.29. The molecule has 4 heteroatoms. The van der Waals surface area contributed by atoms with Crippen LogP contribution in [0.4, 0.5) is 5.82 Å². The summed E-state index contributed by atoms with van der Waals surface area (Å²) in [6, 6.07) is 2.38. The van der Waals surface area contributed by atoms with Crippen molar-refractivity contribution in [3.63, 3.8) is 0 Å². The fourth-order valence-corrected chi connectivity index (χ4v) is 2.45. The Morgan fingerprint density at radius 2 is 2.39 bits per heavy atom. The van der Waals surface area contributed by atoms with Gasteiger partial charge >= 0.3 is 0 Å². The number of hydrogen-bond donors (Lipinski definition) is 1. The van der Waals surface area contributed by atoms with E-state index in [0.717, 1.165) is 31.9 Å². The van der Waals surface area contributed by atoms with Crippen LogP contribution in [-0.2, 0) is 11.2 Å². The van der Waals surface area contributed by atoms with Crippen molar-refractivity contribution in [3.8, 4) is 0 Å². The van der Waals surface area contributed by atoms with Gasteiger partial charge in [-0.05, 0) is 38.3 Å². The lowest BCUT2D eigenvalue weighted by Crippen LogP contribution is -2.41. The van der Waals surface area contributed by atoms with Crippen LogP contribution >= 0.6 is 0 Å². The Labute approximate surface area is 109 Å². The molecule has 1 aromatic rings. The van der Waals surface area contributed by atoms with E-state index in [0.29, 0.717) is 0 Å². The van der Waals surface area contributed by atoms with Gasteiger partial charge in [-0.25, -0.2) is 4.98 Å². The highest BCUT2D eigenvalue weighted by Gasteiger charge is 2.19. The molecule has 1 aliphatic rings. The van der Waals surface area contributed by atoms with E-state index in [1.807, 2.05) is 13.1 Å². The molecule has 4 nitrogen and oxygen atoms in total. The molecular weight excluding hydrogens is 226 g/mol. The first kappa shape index (κ1) is 13.3. The second-order valence-corrected chi connectivity index (χ2v) is 5.29. The monoisotopic (exact) mass is 249 g/mol. The number of nitrogens with zero attached hydrogens (tertiary/aromatic N) is 2. The molecule has 18 heavy (non-hydrogen) atoms. The quantitative estimate of drug-likeness (QED) is 0.882. The third kappa shape index (κ3) is 3.21. The lowest BCUT2D eigenvalue weighted by atomic mass is 10.1. The summed E-state index contributed by atoms with van der Waals surface area (Å²) < 4.78 is 5.56. The summed E-state index contributed by atoms with van der Waals surface area (Å²) in [6.45, 7) is 8.86. The summed E-state index contributed by atoms with van der Waals surface area (Å²) in [5.74, 6) is 1.08. The Balaban J connectivity index is 2.13. The van der Waals surface area contributed by atoms with Gasteiger partial charge < -0.3 is 15.4 Å². The minimum atomic E-state index is 0.181. The SMILES string of the molecule is Cc1cc(CC(C)N)cnc1N1CCOC(C)C1. The van der Waals surface area contributed by atoms with Crippen LogP contribution in [0.1, 0.15) is 25.0 Å². The zero-order valence-corrected chi connectivity index (χ0v) is 11.5. The van der Waals surface area contributed by atoms with Crippen molar-refractivity contribution in [2.45, 2.75) is 39.3 Å². The van der Waals surface area contributed by atoms with Crippen LogP contribution in [0.15, 0.2) is 12.3 Å². The zero-order chi connectivity index (χ0) is 13.1. The highest BCUT2D eigenvalue weighted by Crippen LogP contribution is 2.20. The van der Waals surface area contributed by atoms with E-state index in [1.54, 1.807) is 0 Å². The van der Waals surface area contributed by atoms with E-state index in [9.17, 15) is 0 Å². The summed E-state index contributed by atoms with van der Waals surface area (Å²) in [5, 5.41) is 0. The van der Waals surface area contributed by atoms with E-state index >= 15 is 0 Å². The minimum Gasteiger partial charge on any atom is -0.375 e. The van der Waals surface area contributed by atoms with Crippen LogP contribution in [0.2, 0.25) is 0 Å². The number of ether oxygens (including phenoxy) is 1. The van der Waals surface area contributed by atoms with Gasteiger partial charge in [-0.2, -0.15) is 0 Å². The number of hydrogen-bond acceptors (Lipinski definition) is 4. The molecule has 2 heterocycles. The van der Waals surface area contributed by atoms with Crippen molar-refractivity contribution in [2.75, 3.05) is 24.6 Å². The maximum atomic E-state index is 5.82. The topological polar surface area (TPSA) is 51.4 Å². The predicted molar refractivity (Wildman–Crippen MR) is 74.0 cm³/mol. The molecule has 0 aliphatic carbocycles. The molecular formula is C14H23N3O. The fourth-order valence-electron chi connectivity index (χ4n) is 2.45. The highest BCUT2D eigenvalue weighted by atomic mass is 16.5. The van der Waals surface area contributed by atoms with Gasteiger partial charge in [0.25, 0.3) is 0 Å². The van der Waals surface area contributed by atoms with Gasteiger partial charge in [-0.15, -0.1) is 0 Å². The van der Waals surface area contributed by atoms with Gasteiger partial charge in [0.1, 0.15) is 5.82 Å². The van der Waals surface area contributed by atoms with Crippen LogP contribution in [0, 0.1) is 6.92 Å². The first-order chi connectivity index (χ1) is 8.56. The Morgan fingerprint density at radius 1 is 1.61 bits per heavy atom. The average Bonchev–Trinajstić information content (AvgIpc) is 2.28. The van der Waals surface area contributed by atoms with Crippen molar-refractivity contribution in [1.29, 1.82) is 0 Å². The summed E-state index contributed by atoms with van der Waals surface area (Å²) in [7, 11) is 0. The predicted octanol–water partition coefficient (Wildman–Crippen LogP) is 1.50. The molecule has 1 fully saturated rings. The Morgan fingerprint density at radius 3 is 3.00 bits per heavy atom. The Bertz CT molecular complexity index is 406. The molecule has 0 aromatic carbocycles. The van der Waals surface area contributed by atoms with Gasteiger partial charge in [0, 0.05) is 25.3 Å². The van der Waals surface area contributed by atoms with Gasteiger partial charge in [-0.3, -0.25) is 0 Å². The van der Waals surface area contributed by atoms with Crippen LogP contribution in [0.3, 0.4) is 0 Å². The number of anilines is 1. The smallest absolute Gasteiger partial charge is 0.131 e. The molecule has 2 unspecified atom stereocenters. The number of morpholine rings is 1. The maximum Gasteiger partial charge on any atom is 0.131 e. The molecule has 0 saturated carbocycles. The first-order valence-corrected chi connectivity index (χ1v) is 6.64. The zero-order valence-electron chi connectivity index (χ0n) is 11.5. The van der Waals surface area contributed by atoms with Crippen LogP contribution in [0.25, 0.3) is 0 Å². The third-order valence-electron chi connectivity index (χ3n) is 3.21. The average molecular weight is 249 g/mol. The molecule has 0 radical (unpaired) electrons. The number of rotatable bonds is 3. The van der Waals surface area contributed by atoms with Crippen LogP contribution in [0.5, 0.6) is 0 Å². The van der Waals surface area contributed by atoms with Crippen molar-refractivity contribution in [3.05, 3.63) is 23.4 Å². The molecule has 0 spiro atoms. The number of aromatic nitrogens is 1. The van der Waals surface area contributed by atoms with Gasteiger partial charge in [0.15, 0.2) is 0 Å². The van der Waals surface area contributed by atoms with Crippen LogP contribution in [-0.4, -0.2) is 36.8 Å². The van der Waals surface area contributed by atoms with Gasteiger partial charge in [0.2, 0.25) is 0 Å². The molecule has 1 aromatic heterocycles. The van der Waals surface area contributed by atoms with Crippen molar-refractivity contribution in [2.24, 2.45) is 5.73 Å². The van der Waals surface area contributed by atoms with E-state index < -0.39 is 0 Å². The summed E-state index contributed by atoms with van der Waals surface area (Å²) in [4.78, 5) is 6.91. The molecule has 2 rings (SSSR count). The summed E-state index contributed by atoms with van der Waals surface area (Å²) in [5.41, 5.74) is 8.26. The molecule has 0 bridgehead atoms. The number of pyridine rings is 1. The maximum absolute atomic E-state index is 5.82. The second kappa shape index (κ2) is 5.67. The summed E-state index contributed by atoms with van der Waals surface area (Å²) >= 11 is 0. The van der Waals surface area contributed by atoms with Crippen molar-refractivity contribution < 1.29 is 4.74 Å². The lowest BCUT2D eigenvalue weighted by Gasteiger charge is -2.33. The lowest BCUT2D eigenvalue weighted by molar-refractivity contribution is 0.0529. The van der Waals surface area contributed by atoms with E-state index in [2.05, 4.69) is 29.8 Å². The van der Waals surface area contributed by atoms with Crippen molar-refractivity contribution >= 4 is 5.82 Å². The molecule has 2 N–H and O–H groups in total. The van der Waals surface area contributed by atoms with E-state index in [4.69, 9.17) is 10.5 Å². The minimum absolute atomic E-state index is 0.181. The van der Waals surface area contributed by atoms with E-state index in [1.165, 1.54) is 11.1 Å². The Kier molecular flexibility index (Phi) is 4.19. The van der Waals surface area contributed by atoms with Crippen molar-refractivity contribution in [1.82, 2.24) is 4.98 Å². The third-order valence-corrected chi connectivity index (χ3v) is 3.21. The first-order valence-electron chi connectivity index (χ1n) is 6.64. The highest BCUT2D eigenvalue weighted by molar-refractivity contribution is 5.47. The summed E-state index contributed by atoms with van der Waals surface area (Å²) in [6.07, 6.45) is 3.11. The number of nitrogens with two attached hydrogens (primary N) is 1. The Hall–Kier alpha value is -1.13. The standard InChI is InChI=1S/C14H23N3O/c1-10-6-13(7-11(2)15)8-16-14(10)17-4-5-18-12(3)9-17/h6,8,11-12H,4-5,7,9,15H2,1-3H3. The molecule has 100 valence electrons. The van der Waals surface area contributed by atoms with E-state index in [-0.39, 0.29) is 12.1 Å². The fraction of sp³-hybridized carbons (Fsp3) is 0.643. The van der Waals surface area contributed by atoms with Gasteiger partial charge in [-0.1, -0.05) is 6.07 Å². The normalized spacial score (nSPS) is 22.0. The molecule has 1 saturated heterocycles. The van der Waals surface area contributed by atoms with Crippen LogP contribution < -0.4 is 10.6 Å². The molecule has 0 amide bonds. The number of aryl methyl sites for hydroxylation is 1.